The summed E-state index contributed by atoms with van der Waals surface area (Å²) in [6.07, 6.45) is 0. The van der Waals surface area contributed by atoms with Gasteiger partial charge in [0.2, 0.25) is 11.2 Å². The standard InChI is InChI=1S/C9H7ClN2O2/c1-14-5-2-3-6-7(4-5)11-9(10)12-8(6)13/h2-4H,1H3,(H,11,12,13). The van der Waals surface area contributed by atoms with Gasteiger partial charge in [0, 0.05) is 6.07 Å². The van der Waals surface area contributed by atoms with Gasteiger partial charge in [-0.1, -0.05) is 0 Å². The molecule has 0 radical (unpaired) electrons. The molecule has 72 valence electrons. The number of rotatable bonds is 1. The number of fused-ring (bicyclic) bond motifs is 1. The maximum atomic E-state index is 9.44. The molecule has 14 heavy (non-hydrogen) atoms. The number of halogens is 1. The molecule has 2 aromatic rings. The van der Waals surface area contributed by atoms with Crippen LogP contribution < -0.4 is 4.74 Å². The molecule has 0 fully saturated rings. The topological polar surface area (TPSA) is 55.2 Å². The fraction of sp³-hybridized carbons (Fsp3) is 0.111. The molecule has 0 saturated heterocycles. The average Bonchev–Trinajstić information content (AvgIpc) is 2.16. The molecule has 0 amide bonds. The lowest BCUT2D eigenvalue weighted by atomic mass is 10.2. The summed E-state index contributed by atoms with van der Waals surface area (Å²) in [6, 6.07) is 5.09. The molecule has 0 aliphatic rings. The number of nitrogens with zero attached hydrogens (tertiary/aromatic N) is 2. The van der Waals surface area contributed by atoms with Crippen molar-refractivity contribution in [2.45, 2.75) is 0 Å². The van der Waals surface area contributed by atoms with Crippen LogP contribution in [0.5, 0.6) is 11.6 Å². The molecule has 0 bridgehead atoms. The van der Waals surface area contributed by atoms with Crippen molar-refractivity contribution in [3.63, 3.8) is 0 Å². The molecule has 1 heterocycles. The van der Waals surface area contributed by atoms with Crippen LogP contribution in [0, 0.1) is 0 Å². The number of aromatic hydroxyl groups is 1. The molecule has 1 aromatic carbocycles. The minimum Gasteiger partial charge on any atom is -0.497 e. The molecular weight excluding hydrogens is 204 g/mol. The Bertz CT molecular complexity index is 487. The second kappa shape index (κ2) is 3.31. The Morgan fingerprint density at radius 1 is 1.36 bits per heavy atom. The lowest BCUT2D eigenvalue weighted by molar-refractivity contribution is 0.415. The van der Waals surface area contributed by atoms with E-state index in [1.807, 2.05) is 0 Å². The number of aromatic nitrogens is 2. The van der Waals surface area contributed by atoms with Gasteiger partial charge in [0.05, 0.1) is 18.0 Å². The first-order chi connectivity index (χ1) is 6.70. The zero-order chi connectivity index (χ0) is 10.1. The lowest BCUT2D eigenvalue weighted by Crippen LogP contribution is -1.88. The molecule has 0 aliphatic heterocycles. The van der Waals surface area contributed by atoms with Crippen molar-refractivity contribution in [3.05, 3.63) is 23.5 Å². The molecule has 4 nitrogen and oxygen atoms in total. The first-order valence-corrected chi connectivity index (χ1v) is 4.29. The second-order valence-corrected chi connectivity index (χ2v) is 3.04. The van der Waals surface area contributed by atoms with E-state index in [0.717, 1.165) is 0 Å². The molecule has 0 saturated carbocycles. The minimum absolute atomic E-state index is 0.0169. The predicted molar refractivity (Wildman–Crippen MR) is 52.8 cm³/mol. The molecule has 1 N–H and O–H groups in total. The summed E-state index contributed by atoms with van der Waals surface area (Å²) in [5.74, 6) is 0.536. The van der Waals surface area contributed by atoms with Crippen molar-refractivity contribution in [2.75, 3.05) is 7.11 Å². The van der Waals surface area contributed by atoms with Gasteiger partial charge in [-0.3, -0.25) is 0 Å². The summed E-state index contributed by atoms with van der Waals surface area (Å²) in [5, 5.41) is 10.0. The van der Waals surface area contributed by atoms with Crippen molar-refractivity contribution < 1.29 is 9.84 Å². The van der Waals surface area contributed by atoms with Gasteiger partial charge in [0.25, 0.3) is 0 Å². The van der Waals surface area contributed by atoms with Crippen LogP contribution in [0.15, 0.2) is 18.2 Å². The maximum absolute atomic E-state index is 9.44. The highest BCUT2D eigenvalue weighted by Crippen LogP contribution is 2.25. The third-order valence-electron chi connectivity index (χ3n) is 1.86. The zero-order valence-electron chi connectivity index (χ0n) is 7.36. The number of benzene rings is 1. The fourth-order valence-corrected chi connectivity index (χ4v) is 1.36. The smallest absolute Gasteiger partial charge is 0.226 e. The molecular formula is C9H7ClN2O2. The molecule has 2 rings (SSSR count). The van der Waals surface area contributed by atoms with Crippen LogP contribution in [0.25, 0.3) is 10.9 Å². The van der Waals surface area contributed by atoms with Gasteiger partial charge < -0.3 is 9.84 Å². The van der Waals surface area contributed by atoms with Gasteiger partial charge in [-0.25, -0.2) is 4.98 Å². The van der Waals surface area contributed by atoms with Gasteiger partial charge >= 0.3 is 0 Å². The summed E-state index contributed by atoms with van der Waals surface area (Å²) in [5.41, 5.74) is 0.557. The SMILES string of the molecule is COc1ccc2c(O)nc(Cl)nc2c1. The fourth-order valence-electron chi connectivity index (χ4n) is 1.19. The first kappa shape index (κ1) is 9.02. The highest BCUT2D eigenvalue weighted by Gasteiger charge is 2.05. The van der Waals surface area contributed by atoms with Gasteiger partial charge in [0.15, 0.2) is 0 Å². The quantitative estimate of drug-likeness (QED) is 0.732. The van der Waals surface area contributed by atoms with E-state index in [1.54, 1.807) is 25.3 Å². The van der Waals surface area contributed by atoms with Crippen LogP contribution in [-0.4, -0.2) is 22.2 Å². The average molecular weight is 211 g/mol. The van der Waals surface area contributed by atoms with Gasteiger partial charge in [-0.15, -0.1) is 0 Å². The highest BCUT2D eigenvalue weighted by atomic mass is 35.5. The van der Waals surface area contributed by atoms with E-state index in [0.29, 0.717) is 16.7 Å². The van der Waals surface area contributed by atoms with Crippen LogP contribution in [-0.2, 0) is 0 Å². The summed E-state index contributed by atoms with van der Waals surface area (Å²) in [7, 11) is 1.56. The van der Waals surface area contributed by atoms with Crippen molar-refractivity contribution in [1.29, 1.82) is 0 Å². The highest BCUT2D eigenvalue weighted by molar-refractivity contribution is 6.28. The van der Waals surface area contributed by atoms with Crippen LogP contribution >= 0.6 is 11.6 Å². The van der Waals surface area contributed by atoms with E-state index < -0.39 is 0 Å². The summed E-state index contributed by atoms with van der Waals surface area (Å²) in [4.78, 5) is 7.59. The van der Waals surface area contributed by atoms with E-state index in [9.17, 15) is 5.11 Å². The molecule has 0 atom stereocenters. The molecule has 5 heteroatoms. The number of ether oxygens (including phenoxy) is 1. The summed E-state index contributed by atoms with van der Waals surface area (Å²) in [6.45, 7) is 0. The van der Waals surface area contributed by atoms with Crippen LogP contribution in [0.4, 0.5) is 0 Å². The molecule has 0 aliphatic carbocycles. The first-order valence-electron chi connectivity index (χ1n) is 3.91. The summed E-state index contributed by atoms with van der Waals surface area (Å²) >= 11 is 5.60. The van der Waals surface area contributed by atoms with Crippen molar-refractivity contribution in [3.8, 4) is 11.6 Å². The van der Waals surface area contributed by atoms with E-state index >= 15 is 0 Å². The van der Waals surface area contributed by atoms with Gasteiger partial charge in [0.1, 0.15) is 5.75 Å². The van der Waals surface area contributed by atoms with E-state index in [4.69, 9.17) is 16.3 Å². The number of hydrogen-bond acceptors (Lipinski definition) is 4. The molecule has 0 unspecified atom stereocenters. The van der Waals surface area contributed by atoms with Crippen LogP contribution in [0.3, 0.4) is 0 Å². The largest absolute Gasteiger partial charge is 0.497 e. The van der Waals surface area contributed by atoms with Gasteiger partial charge in [-0.2, -0.15) is 4.98 Å². The van der Waals surface area contributed by atoms with Crippen molar-refractivity contribution >= 4 is 22.5 Å². The van der Waals surface area contributed by atoms with Crippen LogP contribution in [0.2, 0.25) is 5.28 Å². The Hall–Kier alpha value is -1.55. The second-order valence-electron chi connectivity index (χ2n) is 2.70. The number of hydrogen-bond donors (Lipinski definition) is 1. The number of methoxy groups -OCH3 is 1. The normalized spacial score (nSPS) is 10.4. The monoisotopic (exact) mass is 210 g/mol. The van der Waals surface area contributed by atoms with Crippen LogP contribution in [0.1, 0.15) is 0 Å². The molecule has 0 spiro atoms. The zero-order valence-corrected chi connectivity index (χ0v) is 8.12. The minimum atomic E-state index is -0.123. The Morgan fingerprint density at radius 2 is 2.14 bits per heavy atom. The van der Waals surface area contributed by atoms with Crippen molar-refractivity contribution in [2.24, 2.45) is 0 Å². The van der Waals surface area contributed by atoms with Crippen molar-refractivity contribution in [1.82, 2.24) is 9.97 Å². The third kappa shape index (κ3) is 1.44. The predicted octanol–water partition coefficient (Wildman–Crippen LogP) is 2.00. The van der Waals surface area contributed by atoms with E-state index in [1.165, 1.54) is 0 Å². The Labute approximate surface area is 85.1 Å². The third-order valence-corrected chi connectivity index (χ3v) is 2.03. The molecule has 1 aromatic heterocycles. The maximum Gasteiger partial charge on any atom is 0.226 e. The van der Waals surface area contributed by atoms with E-state index in [2.05, 4.69) is 9.97 Å². The Balaban J connectivity index is 2.75. The lowest BCUT2D eigenvalue weighted by Gasteiger charge is -2.02. The Kier molecular flexibility index (Phi) is 2.13. The Morgan fingerprint density at radius 3 is 2.86 bits per heavy atom. The van der Waals surface area contributed by atoms with E-state index in [-0.39, 0.29) is 11.2 Å². The summed E-state index contributed by atoms with van der Waals surface area (Å²) < 4.78 is 5.02. The van der Waals surface area contributed by atoms with Gasteiger partial charge in [-0.05, 0) is 23.7 Å².